The van der Waals surface area contributed by atoms with Crippen LogP contribution in [0.5, 0.6) is 0 Å². The van der Waals surface area contributed by atoms with Crippen molar-refractivity contribution in [2.24, 2.45) is 7.05 Å². The molecule has 0 radical (unpaired) electrons. The molecule has 0 spiro atoms. The van der Waals surface area contributed by atoms with Crippen molar-refractivity contribution in [1.82, 2.24) is 19.7 Å². The molecule has 0 bridgehead atoms. The third kappa shape index (κ3) is 3.40. The van der Waals surface area contributed by atoms with E-state index in [1.165, 1.54) is 11.1 Å². The summed E-state index contributed by atoms with van der Waals surface area (Å²) in [6.07, 6.45) is 1.43. The zero-order chi connectivity index (χ0) is 18.3. The highest BCUT2D eigenvalue weighted by atomic mass is 16.5. The summed E-state index contributed by atoms with van der Waals surface area (Å²) in [7, 11) is 1.92. The lowest BCUT2D eigenvalue weighted by atomic mass is 9.99. The van der Waals surface area contributed by atoms with Gasteiger partial charge in [-0.2, -0.15) is 5.10 Å². The van der Waals surface area contributed by atoms with Gasteiger partial charge in [-0.3, -0.25) is 9.48 Å². The van der Waals surface area contributed by atoms with Crippen molar-refractivity contribution in [2.75, 3.05) is 13.1 Å². The quantitative estimate of drug-likeness (QED) is 0.858. The van der Waals surface area contributed by atoms with Crippen molar-refractivity contribution in [2.45, 2.75) is 59.7 Å². The third-order valence-electron chi connectivity index (χ3n) is 5.09. The molecule has 0 N–H and O–H groups in total. The van der Waals surface area contributed by atoms with Gasteiger partial charge in [0.2, 0.25) is 5.91 Å². The Morgan fingerprint density at radius 2 is 1.80 bits per heavy atom. The summed E-state index contributed by atoms with van der Waals surface area (Å²) >= 11 is 0. The molecule has 1 fully saturated rings. The van der Waals surface area contributed by atoms with Crippen molar-refractivity contribution in [3.05, 3.63) is 22.5 Å². The Morgan fingerprint density at radius 3 is 2.44 bits per heavy atom. The summed E-state index contributed by atoms with van der Waals surface area (Å²) in [5, 5.41) is 5.60. The molecule has 0 aromatic carbocycles. The number of aromatic nitrogens is 3. The van der Waals surface area contributed by atoms with Crippen LogP contribution >= 0.6 is 0 Å². The first-order valence-electron chi connectivity index (χ1n) is 9.00. The SMILES string of the molecule is Cc1nc2c(c(C)nn2C)c(C)c1CCC(=O)N1C[C@H](C)O[C@@H](C)C1. The summed E-state index contributed by atoms with van der Waals surface area (Å²) in [6.45, 7) is 11.6. The second-order valence-electron chi connectivity index (χ2n) is 7.26. The summed E-state index contributed by atoms with van der Waals surface area (Å²) in [5.74, 6) is 0.198. The summed E-state index contributed by atoms with van der Waals surface area (Å²) in [6, 6.07) is 0. The summed E-state index contributed by atoms with van der Waals surface area (Å²) < 4.78 is 7.55. The molecule has 2 atom stereocenters. The number of pyridine rings is 1. The Bertz CT molecular complexity index is 802. The fourth-order valence-corrected chi connectivity index (χ4v) is 4.00. The Labute approximate surface area is 149 Å². The average Bonchev–Trinajstić information content (AvgIpc) is 2.80. The highest BCUT2D eigenvalue weighted by Crippen LogP contribution is 2.26. The van der Waals surface area contributed by atoms with E-state index in [2.05, 4.69) is 12.0 Å². The fourth-order valence-electron chi connectivity index (χ4n) is 4.00. The topological polar surface area (TPSA) is 60.2 Å². The number of morpholine rings is 1. The maximum Gasteiger partial charge on any atom is 0.223 e. The number of nitrogens with zero attached hydrogens (tertiary/aromatic N) is 4. The predicted molar refractivity (Wildman–Crippen MR) is 97.6 cm³/mol. The number of carbonyl (C=O) groups is 1. The standard InChI is InChI=1S/C19H28N4O2/c1-11-9-23(10-12(2)25-11)17(24)8-7-16-13(3)18-15(5)21-22(6)19(18)20-14(16)4/h11-12H,7-10H2,1-6H3/t11-,12-/m0/s1. The largest absolute Gasteiger partial charge is 0.372 e. The second kappa shape index (κ2) is 6.75. The molecule has 25 heavy (non-hydrogen) atoms. The van der Waals surface area contributed by atoms with Gasteiger partial charge < -0.3 is 9.64 Å². The normalized spacial score (nSPS) is 21.1. The lowest BCUT2D eigenvalue weighted by Crippen LogP contribution is -2.48. The minimum Gasteiger partial charge on any atom is -0.372 e. The number of amides is 1. The molecule has 136 valence electrons. The van der Waals surface area contributed by atoms with Crippen LogP contribution in [0.4, 0.5) is 0 Å². The maximum absolute atomic E-state index is 12.7. The van der Waals surface area contributed by atoms with Crippen LogP contribution in [-0.2, 0) is 23.0 Å². The van der Waals surface area contributed by atoms with Crippen LogP contribution in [0.1, 0.15) is 42.8 Å². The first kappa shape index (κ1) is 17.9. The van der Waals surface area contributed by atoms with Gasteiger partial charge in [0.25, 0.3) is 0 Å². The molecule has 0 saturated carbocycles. The Morgan fingerprint density at radius 1 is 1.16 bits per heavy atom. The molecule has 3 rings (SSSR count). The molecule has 1 aliphatic heterocycles. The molecule has 6 heteroatoms. The highest BCUT2D eigenvalue weighted by molar-refractivity contribution is 5.84. The minimum atomic E-state index is 0.104. The monoisotopic (exact) mass is 344 g/mol. The Kier molecular flexibility index (Phi) is 4.82. The molecule has 6 nitrogen and oxygen atoms in total. The van der Waals surface area contributed by atoms with Crippen LogP contribution in [0.25, 0.3) is 11.0 Å². The number of carbonyl (C=O) groups excluding carboxylic acids is 1. The van der Waals surface area contributed by atoms with Crippen molar-refractivity contribution < 1.29 is 9.53 Å². The van der Waals surface area contributed by atoms with Crippen molar-refractivity contribution in [3.63, 3.8) is 0 Å². The predicted octanol–water partition coefficient (Wildman–Crippen LogP) is 2.46. The van der Waals surface area contributed by atoms with E-state index in [1.807, 2.05) is 44.3 Å². The lowest BCUT2D eigenvalue weighted by Gasteiger charge is -2.35. The van der Waals surface area contributed by atoms with Gasteiger partial charge in [0.05, 0.1) is 17.9 Å². The molecule has 2 aromatic heterocycles. The van der Waals surface area contributed by atoms with Gasteiger partial charge in [0, 0.05) is 37.6 Å². The molecular formula is C19H28N4O2. The average molecular weight is 344 g/mol. The van der Waals surface area contributed by atoms with Crippen LogP contribution in [0.3, 0.4) is 0 Å². The Hall–Kier alpha value is -1.95. The number of ether oxygens (including phenoxy) is 1. The van der Waals surface area contributed by atoms with Crippen molar-refractivity contribution in [3.8, 4) is 0 Å². The maximum atomic E-state index is 12.7. The molecular weight excluding hydrogens is 316 g/mol. The molecule has 1 saturated heterocycles. The second-order valence-corrected chi connectivity index (χ2v) is 7.26. The number of hydrogen-bond acceptors (Lipinski definition) is 4. The van der Waals surface area contributed by atoms with Crippen LogP contribution in [0.15, 0.2) is 0 Å². The van der Waals surface area contributed by atoms with E-state index in [4.69, 9.17) is 9.72 Å². The fraction of sp³-hybridized carbons (Fsp3) is 0.632. The van der Waals surface area contributed by atoms with Crippen LogP contribution in [-0.4, -0.2) is 50.9 Å². The van der Waals surface area contributed by atoms with Crippen LogP contribution < -0.4 is 0 Å². The van der Waals surface area contributed by atoms with Gasteiger partial charge in [0.1, 0.15) is 0 Å². The highest BCUT2D eigenvalue weighted by Gasteiger charge is 2.26. The molecule has 0 unspecified atom stereocenters. The molecule has 0 aliphatic carbocycles. The van der Waals surface area contributed by atoms with E-state index >= 15 is 0 Å². The van der Waals surface area contributed by atoms with Crippen LogP contribution in [0, 0.1) is 20.8 Å². The lowest BCUT2D eigenvalue weighted by molar-refractivity contribution is -0.143. The molecule has 1 amide bonds. The smallest absolute Gasteiger partial charge is 0.223 e. The van der Waals surface area contributed by atoms with Gasteiger partial charge in [-0.25, -0.2) is 4.98 Å². The van der Waals surface area contributed by atoms with Crippen molar-refractivity contribution in [1.29, 1.82) is 0 Å². The van der Waals surface area contributed by atoms with E-state index < -0.39 is 0 Å². The number of aryl methyl sites for hydroxylation is 4. The van der Waals surface area contributed by atoms with Crippen LogP contribution in [0.2, 0.25) is 0 Å². The van der Waals surface area contributed by atoms with Gasteiger partial charge in [0.15, 0.2) is 5.65 Å². The van der Waals surface area contributed by atoms with Gasteiger partial charge in [-0.15, -0.1) is 0 Å². The minimum absolute atomic E-state index is 0.104. The Balaban J connectivity index is 1.79. The van der Waals surface area contributed by atoms with E-state index in [0.717, 1.165) is 22.4 Å². The van der Waals surface area contributed by atoms with Gasteiger partial charge in [-0.05, 0) is 52.2 Å². The zero-order valence-electron chi connectivity index (χ0n) is 16.1. The van der Waals surface area contributed by atoms with Gasteiger partial charge >= 0.3 is 0 Å². The number of hydrogen-bond donors (Lipinski definition) is 0. The third-order valence-corrected chi connectivity index (χ3v) is 5.09. The first-order valence-corrected chi connectivity index (χ1v) is 9.00. The van der Waals surface area contributed by atoms with Gasteiger partial charge in [-0.1, -0.05) is 0 Å². The summed E-state index contributed by atoms with van der Waals surface area (Å²) in [4.78, 5) is 19.3. The molecule has 3 heterocycles. The van der Waals surface area contributed by atoms with E-state index in [0.29, 0.717) is 25.9 Å². The first-order chi connectivity index (χ1) is 11.8. The molecule has 1 aliphatic rings. The zero-order valence-corrected chi connectivity index (χ0v) is 16.1. The number of fused-ring (bicyclic) bond motifs is 1. The molecule has 2 aromatic rings. The van der Waals surface area contributed by atoms with E-state index in [-0.39, 0.29) is 18.1 Å². The van der Waals surface area contributed by atoms with E-state index in [9.17, 15) is 4.79 Å². The number of rotatable bonds is 3. The van der Waals surface area contributed by atoms with E-state index in [1.54, 1.807) is 0 Å². The van der Waals surface area contributed by atoms with Crippen molar-refractivity contribution >= 4 is 16.9 Å². The summed E-state index contributed by atoms with van der Waals surface area (Å²) in [5.41, 5.74) is 5.27.